The standard InChI is InChI=1S/C13H17ClN2O2S2/c1-8-5-9(2)16(7-8)20(17,18)10-3-4-11(13(15)19)12(14)6-10/h3-4,6,8-9H,5,7H2,1-2H3,(H2,15,19). The van der Waals surface area contributed by atoms with Gasteiger partial charge in [-0.15, -0.1) is 0 Å². The van der Waals surface area contributed by atoms with Crippen LogP contribution in [0.2, 0.25) is 5.02 Å². The molecular formula is C13H17ClN2O2S2. The summed E-state index contributed by atoms with van der Waals surface area (Å²) >= 11 is 10.9. The zero-order valence-electron chi connectivity index (χ0n) is 11.3. The highest BCUT2D eigenvalue weighted by Gasteiger charge is 2.36. The molecule has 7 heteroatoms. The molecule has 1 aromatic rings. The average Bonchev–Trinajstić information content (AvgIpc) is 2.68. The van der Waals surface area contributed by atoms with Crippen LogP contribution in [0.1, 0.15) is 25.8 Å². The van der Waals surface area contributed by atoms with Crippen LogP contribution in [0.4, 0.5) is 0 Å². The highest BCUT2D eigenvalue weighted by molar-refractivity contribution is 7.89. The Hall–Kier alpha value is -0.690. The lowest BCUT2D eigenvalue weighted by molar-refractivity contribution is 0.405. The quantitative estimate of drug-likeness (QED) is 0.863. The summed E-state index contributed by atoms with van der Waals surface area (Å²) in [5.74, 6) is 0.367. The van der Waals surface area contributed by atoms with Crippen molar-refractivity contribution in [2.45, 2.75) is 31.2 Å². The van der Waals surface area contributed by atoms with Gasteiger partial charge in [-0.25, -0.2) is 8.42 Å². The number of hydrogen-bond donors (Lipinski definition) is 1. The summed E-state index contributed by atoms with van der Waals surface area (Å²) in [5.41, 5.74) is 6.01. The summed E-state index contributed by atoms with van der Waals surface area (Å²) in [5, 5.41) is 0.262. The van der Waals surface area contributed by atoms with Crippen LogP contribution in [0, 0.1) is 5.92 Å². The van der Waals surface area contributed by atoms with Crippen LogP contribution in [-0.4, -0.2) is 30.3 Å². The molecule has 2 N–H and O–H groups in total. The maximum Gasteiger partial charge on any atom is 0.243 e. The van der Waals surface area contributed by atoms with E-state index in [1.807, 2.05) is 6.92 Å². The second-order valence-electron chi connectivity index (χ2n) is 5.27. The Morgan fingerprint density at radius 3 is 2.55 bits per heavy atom. The molecule has 20 heavy (non-hydrogen) atoms. The summed E-state index contributed by atoms with van der Waals surface area (Å²) in [6.45, 7) is 4.51. The minimum atomic E-state index is -3.52. The third-order valence-electron chi connectivity index (χ3n) is 3.54. The lowest BCUT2D eigenvalue weighted by atomic mass is 10.1. The van der Waals surface area contributed by atoms with Crippen LogP contribution in [0.5, 0.6) is 0 Å². The van der Waals surface area contributed by atoms with Crippen LogP contribution < -0.4 is 5.73 Å². The van der Waals surface area contributed by atoms with Crippen molar-refractivity contribution < 1.29 is 8.42 Å². The van der Waals surface area contributed by atoms with Crippen molar-refractivity contribution in [1.82, 2.24) is 4.31 Å². The van der Waals surface area contributed by atoms with Crippen molar-refractivity contribution in [3.63, 3.8) is 0 Å². The minimum Gasteiger partial charge on any atom is -0.389 e. The lowest BCUT2D eigenvalue weighted by Crippen LogP contribution is -2.34. The smallest absolute Gasteiger partial charge is 0.243 e. The molecule has 1 aromatic carbocycles. The van der Waals surface area contributed by atoms with E-state index in [-0.39, 0.29) is 20.9 Å². The number of hydrogen-bond acceptors (Lipinski definition) is 3. The first-order valence-electron chi connectivity index (χ1n) is 6.34. The van der Waals surface area contributed by atoms with E-state index in [2.05, 4.69) is 6.92 Å². The van der Waals surface area contributed by atoms with Gasteiger partial charge in [0.15, 0.2) is 0 Å². The number of nitrogens with two attached hydrogens (primary N) is 1. The zero-order valence-corrected chi connectivity index (χ0v) is 13.7. The fraction of sp³-hybridized carbons (Fsp3) is 0.462. The molecule has 1 saturated heterocycles. The first-order valence-corrected chi connectivity index (χ1v) is 8.57. The molecule has 0 aliphatic carbocycles. The van der Waals surface area contributed by atoms with Gasteiger partial charge in [-0.1, -0.05) is 30.7 Å². The summed E-state index contributed by atoms with van der Waals surface area (Å²) in [6, 6.07) is 4.48. The van der Waals surface area contributed by atoms with Gasteiger partial charge in [0.25, 0.3) is 0 Å². The summed E-state index contributed by atoms with van der Waals surface area (Å²) in [4.78, 5) is 0.338. The normalized spacial score (nSPS) is 23.9. The Balaban J connectivity index is 2.40. The first-order chi connectivity index (χ1) is 9.23. The van der Waals surface area contributed by atoms with Gasteiger partial charge in [-0.2, -0.15) is 4.31 Å². The Labute approximate surface area is 130 Å². The zero-order chi connectivity index (χ0) is 15.1. The second kappa shape index (κ2) is 5.60. The third kappa shape index (κ3) is 2.83. The topological polar surface area (TPSA) is 63.4 Å². The molecule has 0 radical (unpaired) electrons. The van der Waals surface area contributed by atoms with Gasteiger partial charge >= 0.3 is 0 Å². The van der Waals surface area contributed by atoms with E-state index in [1.54, 1.807) is 6.07 Å². The molecule has 2 atom stereocenters. The minimum absolute atomic E-state index is 0.00374. The van der Waals surface area contributed by atoms with Crippen molar-refractivity contribution in [2.24, 2.45) is 11.7 Å². The van der Waals surface area contributed by atoms with Crippen LogP contribution in [0.25, 0.3) is 0 Å². The fourth-order valence-electron chi connectivity index (χ4n) is 2.59. The molecule has 1 heterocycles. The maximum atomic E-state index is 12.6. The molecule has 2 unspecified atom stereocenters. The van der Waals surface area contributed by atoms with Crippen molar-refractivity contribution in [2.75, 3.05) is 6.54 Å². The Morgan fingerprint density at radius 2 is 2.10 bits per heavy atom. The molecule has 110 valence electrons. The van der Waals surface area contributed by atoms with Gasteiger partial charge in [-0.3, -0.25) is 0 Å². The van der Waals surface area contributed by atoms with E-state index in [0.29, 0.717) is 18.0 Å². The monoisotopic (exact) mass is 332 g/mol. The molecule has 0 saturated carbocycles. The van der Waals surface area contributed by atoms with Gasteiger partial charge in [-0.05, 0) is 37.5 Å². The summed E-state index contributed by atoms with van der Waals surface area (Å²) < 4.78 is 26.8. The molecule has 4 nitrogen and oxygen atoms in total. The predicted molar refractivity (Wildman–Crippen MR) is 84.5 cm³/mol. The highest BCUT2D eigenvalue weighted by Crippen LogP contribution is 2.30. The van der Waals surface area contributed by atoms with Crippen molar-refractivity contribution >= 4 is 38.8 Å². The van der Waals surface area contributed by atoms with Crippen LogP contribution in [-0.2, 0) is 10.0 Å². The number of benzene rings is 1. The van der Waals surface area contributed by atoms with Crippen LogP contribution in [0.15, 0.2) is 23.1 Å². The first kappa shape index (κ1) is 15.7. The van der Waals surface area contributed by atoms with E-state index in [0.717, 1.165) is 6.42 Å². The molecule has 2 rings (SSSR count). The molecule has 1 aliphatic heterocycles. The highest BCUT2D eigenvalue weighted by atomic mass is 35.5. The SMILES string of the molecule is CC1CC(C)N(S(=O)(=O)c2ccc(C(N)=S)c(Cl)c2)C1. The maximum absolute atomic E-state index is 12.6. The number of halogens is 1. The molecule has 1 aliphatic rings. The average molecular weight is 333 g/mol. The number of sulfonamides is 1. The third-order valence-corrected chi connectivity index (χ3v) is 6.05. The van der Waals surface area contributed by atoms with Gasteiger partial charge in [0, 0.05) is 18.2 Å². The Kier molecular flexibility index (Phi) is 4.39. The van der Waals surface area contributed by atoms with E-state index in [1.165, 1.54) is 16.4 Å². The number of rotatable bonds is 3. The van der Waals surface area contributed by atoms with Gasteiger partial charge < -0.3 is 5.73 Å². The fourth-order valence-corrected chi connectivity index (χ4v) is 4.96. The Bertz CT molecular complexity index is 646. The van der Waals surface area contributed by atoms with Crippen LogP contribution >= 0.6 is 23.8 Å². The molecule has 0 spiro atoms. The summed E-state index contributed by atoms with van der Waals surface area (Å²) in [7, 11) is -3.52. The molecule has 0 aromatic heterocycles. The number of thiocarbonyl (C=S) groups is 1. The van der Waals surface area contributed by atoms with Crippen molar-refractivity contribution in [1.29, 1.82) is 0 Å². The predicted octanol–water partition coefficient (Wildman–Crippen LogP) is 2.39. The molecular weight excluding hydrogens is 316 g/mol. The molecule has 1 fully saturated rings. The van der Waals surface area contributed by atoms with Gasteiger partial charge in [0.2, 0.25) is 10.0 Å². The Morgan fingerprint density at radius 1 is 1.45 bits per heavy atom. The number of nitrogens with zero attached hydrogens (tertiary/aromatic N) is 1. The second-order valence-corrected chi connectivity index (χ2v) is 8.01. The van der Waals surface area contributed by atoms with E-state index in [4.69, 9.17) is 29.6 Å². The lowest BCUT2D eigenvalue weighted by Gasteiger charge is -2.21. The van der Waals surface area contributed by atoms with Crippen molar-refractivity contribution in [3.8, 4) is 0 Å². The summed E-state index contributed by atoms with van der Waals surface area (Å²) in [6.07, 6.45) is 0.873. The van der Waals surface area contributed by atoms with Crippen molar-refractivity contribution in [3.05, 3.63) is 28.8 Å². The van der Waals surface area contributed by atoms with E-state index >= 15 is 0 Å². The largest absolute Gasteiger partial charge is 0.389 e. The van der Waals surface area contributed by atoms with Gasteiger partial charge in [0.05, 0.1) is 9.92 Å². The molecule has 0 amide bonds. The molecule has 0 bridgehead atoms. The van der Waals surface area contributed by atoms with E-state index < -0.39 is 10.0 Å². The van der Waals surface area contributed by atoms with E-state index in [9.17, 15) is 8.42 Å². The van der Waals surface area contributed by atoms with Gasteiger partial charge in [0.1, 0.15) is 4.99 Å². The van der Waals surface area contributed by atoms with Crippen LogP contribution in [0.3, 0.4) is 0 Å².